The van der Waals surface area contributed by atoms with E-state index in [4.69, 9.17) is 4.74 Å². The van der Waals surface area contributed by atoms with Crippen molar-refractivity contribution in [1.29, 1.82) is 0 Å². The summed E-state index contributed by atoms with van der Waals surface area (Å²) in [7, 11) is 1.66. The average molecular weight is 316 g/mol. The summed E-state index contributed by atoms with van der Waals surface area (Å²) in [5.41, 5.74) is 1.10. The molecule has 0 aliphatic heterocycles. The Bertz CT molecular complexity index is 390. The van der Waals surface area contributed by atoms with E-state index >= 15 is 0 Å². The number of hydrogen-bond donors (Lipinski definition) is 1. The van der Waals surface area contributed by atoms with Gasteiger partial charge in [-0.3, -0.25) is 0 Å². The lowest BCUT2D eigenvalue weighted by molar-refractivity contribution is 0.175. The fourth-order valence-electron chi connectivity index (χ4n) is 1.63. The van der Waals surface area contributed by atoms with Crippen molar-refractivity contribution in [2.45, 2.75) is 43.4 Å². The Labute approximate surface area is 130 Å². The molecule has 0 bridgehead atoms. The van der Waals surface area contributed by atoms with Gasteiger partial charge in [-0.15, -0.1) is 16.5 Å². The third-order valence-electron chi connectivity index (χ3n) is 2.73. The normalized spacial score (nSPS) is 15.1. The number of ether oxygens (including phenoxy) is 1. The molecule has 0 amide bonds. The lowest BCUT2D eigenvalue weighted by Gasteiger charge is -2.28. The number of methoxy groups -OCH3 is 1. The minimum atomic E-state index is -1.11. The number of nitrogens with one attached hydrogen (secondary N) is 1. The summed E-state index contributed by atoms with van der Waals surface area (Å²) in [4.78, 5) is 1.25. The maximum Gasteiger partial charge on any atom is 0.136 e. The van der Waals surface area contributed by atoms with Crippen molar-refractivity contribution in [3.05, 3.63) is 29.8 Å². The van der Waals surface area contributed by atoms with E-state index in [1.54, 1.807) is 7.11 Å². The molecule has 0 spiro atoms. The summed E-state index contributed by atoms with van der Waals surface area (Å²) >= 11 is 0.702. The molecule has 1 aromatic rings. The summed E-state index contributed by atoms with van der Waals surface area (Å²) in [5, 5.41) is 0. The van der Waals surface area contributed by atoms with Crippen LogP contribution in [-0.2, 0) is 16.1 Å². The van der Waals surface area contributed by atoms with Gasteiger partial charge in [0.15, 0.2) is 0 Å². The molecule has 0 radical (unpaired) electrons. The summed E-state index contributed by atoms with van der Waals surface area (Å²) in [5.74, 6) is 1.06. The van der Waals surface area contributed by atoms with Crippen LogP contribution in [0.25, 0.3) is 0 Å². The Balaban J connectivity index is 2.79. The van der Waals surface area contributed by atoms with Crippen molar-refractivity contribution in [1.82, 2.24) is 4.72 Å². The van der Waals surface area contributed by atoms with Crippen LogP contribution in [0.3, 0.4) is 0 Å². The Morgan fingerprint density at radius 2 is 1.90 bits per heavy atom. The number of hydrogen-bond acceptors (Lipinski definition) is 4. The Morgan fingerprint density at radius 3 is 2.35 bits per heavy atom. The highest BCUT2D eigenvalue weighted by Crippen LogP contribution is 2.23. The van der Waals surface area contributed by atoms with Crippen LogP contribution in [0.1, 0.15) is 39.3 Å². The molecule has 3 nitrogen and oxygen atoms in total. The van der Waals surface area contributed by atoms with E-state index in [0.717, 1.165) is 11.3 Å². The number of rotatable bonds is 7. The maximum atomic E-state index is 12.2. The van der Waals surface area contributed by atoms with Crippen molar-refractivity contribution in [2.75, 3.05) is 19.5 Å². The lowest BCUT2D eigenvalue weighted by atomic mass is 10.1. The van der Waals surface area contributed by atoms with Crippen molar-refractivity contribution in [3.8, 4) is 0 Å². The van der Waals surface area contributed by atoms with Gasteiger partial charge in [0.1, 0.15) is 10.8 Å². The van der Waals surface area contributed by atoms with Gasteiger partial charge < -0.3 is 9.29 Å². The molecule has 2 atom stereocenters. The highest BCUT2D eigenvalue weighted by Gasteiger charge is 2.29. The summed E-state index contributed by atoms with van der Waals surface area (Å²) in [6.07, 6.45) is 0. The van der Waals surface area contributed by atoms with Crippen LogP contribution in [-0.4, -0.2) is 28.8 Å². The third-order valence-corrected chi connectivity index (χ3v) is 5.24. The molecular weight excluding hydrogens is 290 g/mol. The highest BCUT2D eigenvalue weighted by molar-refractivity contribution is 7.99. The summed E-state index contributed by atoms with van der Waals surface area (Å²) < 4.78 is 20.4. The van der Waals surface area contributed by atoms with Crippen LogP contribution in [0, 0.1) is 0 Å². The SMILES string of the molecule is CCSc1ccc([C@H](COC)N[S+]([O-])C(C)(C)C)cc1. The monoisotopic (exact) mass is 315 g/mol. The molecule has 0 aromatic heterocycles. The molecule has 114 valence electrons. The maximum absolute atomic E-state index is 12.2. The van der Waals surface area contributed by atoms with Gasteiger partial charge in [0.2, 0.25) is 0 Å². The lowest BCUT2D eigenvalue weighted by Crippen LogP contribution is -2.42. The third kappa shape index (κ3) is 5.66. The second-order valence-electron chi connectivity index (χ2n) is 5.51. The molecule has 0 saturated heterocycles. The second kappa shape index (κ2) is 8.29. The molecule has 0 aliphatic rings. The van der Waals surface area contributed by atoms with Crippen molar-refractivity contribution >= 4 is 23.1 Å². The Morgan fingerprint density at radius 1 is 1.30 bits per heavy atom. The van der Waals surface area contributed by atoms with Gasteiger partial charge in [0.25, 0.3) is 0 Å². The van der Waals surface area contributed by atoms with E-state index < -0.39 is 11.4 Å². The van der Waals surface area contributed by atoms with E-state index in [2.05, 4.69) is 35.9 Å². The number of thioether (sulfide) groups is 1. The minimum Gasteiger partial charge on any atom is -0.598 e. The molecule has 1 rings (SSSR count). The summed E-state index contributed by atoms with van der Waals surface area (Å²) in [6.45, 7) is 8.52. The standard InChI is InChI=1S/C15H25NO2S2/c1-6-19-13-9-7-12(8-10-13)14(11-18-5)16-20(17)15(2,3)4/h7-10,14,16H,6,11H2,1-5H3/t14-,20?/m0/s1. The fraction of sp³-hybridized carbons (Fsp3) is 0.600. The van der Waals surface area contributed by atoms with Gasteiger partial charge in [0.05, 0.1) is 6.61 Å². The fourth-order valence-corrected chi connectivity index (χ4v) is 3.11. The molecule has 5 heteroatoms. The molecule has 1 unspecified atom stereocenters. The van der Waals surface area contributed by atoms with Gasteiger partial charge >= 0.3 is 0 Å². The first-order valence-corrected chi connectivity index (χ1v) is 8.91. The first-order valence-electron chi connectivity index (χ1n) is 6.78. The Kier molecular flexibility index (Phi) is 7.40. The Hall–Kier alpha value is -0.200. The quantitative estimate of drug-likeness (QED) is 0.617. The first-order chi connectivity index (χ1) is 9.38. The zero-order valence-electron chi connectivity index (χ0n) is 12.9. The van der Waals surface area contributed by atoms with Gasteiger partial charge in [0, 0.05) is 23.4 Å². The minimum absolute atomic E-state index is 0.0549. The molecule has 20 heavy (non-hydrogen) atoms. The van der Waals surface area contributed by atoms with Crippen LogP contribution >= 0.6 is 11.8 Å². The topological polar surface area (TPSA) is 44.3 Å². The molecule has 0 heterocycles. The van der Waals surface area contributed by atoms with Gasteiger partial charge in [-0.2, -0.15) is 0 Å². The van der Waals surface area contributed by atoms with Gasteiger partial charge in [-0.25, -0.2) is 0 Å². The van der Waals surface area contributed by atoms with Crippen molar-refractivity contribution in [3.63, 3.8) is 0 Å². The molecule has 1 N–H and O–H groups in total. The molecular formula is C15H25NO2S2. The number of benzene rings is 1. The average Bonchev–Trinajstić information content (AvgIpc) is 2.38. The van der Waals surface area contributed by atoms with E-state index in [1.165, 1.54) is 4.90 Å². The summed E-state index contributed by atoms with van der Waals surface area (Å²) in [6, 6.07) is 8.31. The van der Waals surface area contributed by atoms with Crippen LogP contribution < -0.4 is 4.72 Å². The van der Waals surface area contributed by atoms with Crippen molar-refractivity contribution in [2.24, 2.45) is 0 Å². The highest BCUT2D eigenvalue weighted by atomic mass is 32.2. The largest absolute Gasteiger partial charge is 0.598 e. The van der Waals surface area contributed by atoms with Crippen LogP contribution in [0.15, 0.2) is 29.2 Å². The van der Waals surface area contributed by atoms with Gasteiger partial charge in [-0.1, -0.05) is 19.1 Å². The molecule has 0 fully saturated rings. The van der Waals surface area contributed by atoms with Gasteiger partial charge in [-0.05, 0) is 44.2 Å². The van der Waals surface area contributed by atoms with E-state index in [1.807, 2.05) is 32.5 Å². The van der Waals surface area contributed by atoms with Crippen LogP contribution in [0.2, 0.25) is 0 Å². The van der Waals surface area contributed by atoms with E-state index in [9.17, 15) is 4.55 Å². The zero-order valence-corrected chi connectivity index (χ0v) is 14.6. The van der Waals surface area contributed by atoms with Crippen molar-refractivity contribution < 1.29 is 9.29 Å². The predicted octanol–water partition coefficient (Wildman–Crippen LogP) is 3.54. The van der Waals surface area contributed by atoms with E-state index in [0.29, 0.717) is 6.61 Å². The predicted molar refractivity (Wildman–Crippen MR) is 88.5 cm³/mol. The van der Waals surface area contributed by atoms with E-state index in [-0.39, 0.29) is 10.8 Å². The smallest absolute Gasteiger partial charge is 0.136 e. The molecule has 0 saturated carbocycles. The zero-order chi connectivity index (χ0) is 15.2. The second-order valence-corrected chi connectivity index (χ2v) is 8.84. The molecule has 0 aliphatic carbocycles. The molecule has 1 aromatic carbocycles. The van der Waals surface area contributed by atoms with Crippen LogP contribution in [0.4, 0.5) is 0 Å². The van der Waals surface area contributed by atoms with Crippen LogP contribution in [0.5, 0.6) is 0 Å². The first kappa shape index (κ1) is 17.9.